The van der Waals surface area contributed by atoms with Crippen LogP contribution in [0.25, 0.3) is 0 Å². The van der Waals surface area contributed by atoms with E-state index >= 15 is 0 Å². The molecule has 0 saturated carbocycles. The summed E-state index contributed by atoms with van der Waals surface area (Å²) in [5.74, 6) is 1.04. The maximum absolute atomic E-state index is 5.72. The van der Waals surface area contributed by atoms with Crippen LogP contribution in [0.15, 0.2) is 29.2 Å². The molecule has 0 N–H and O–H groups in total. The number of benzene rings is 1. The fourth-order valence-corrected chi connectivity index (χ4v) is 3.10. The van der Waals surface area contributed by atoms with Gasteiger partial charge in [-0.3, -0.25) is 0 Å². The molecule has 0 amide bonds. The predicted octanol–water partition coefficient (Wildman–Crippen LogP) is 4.01. The van der Waals surface area contributed by atoms with Gasteiger partial charge in [0.05, 0.1) is 13.2 Å². The zero-order valence-electron chi connectivity index (χ0n) is 12.3. The van der Waals surface area contributed by atoms with Crippen LogP contribution in [0.4, 0.5) is 0 Å². The van der Waals surface area contributed by atoms with E-state index < -0.39 is 0 Å². The molecular weight excluding hydrogens is 290 g/mol. The summed E-state index contributed by atoms with van der Waals surface area (Å²) in [7, 11) is 0. The van der Waals surface area contributed by atoms with Crippen LogP contribution >= 0.6 is 24.2 Å². The van der Waals surface area contributed by atoms with Crippen LogP contribution in [-0.4, -0.2) is 43.5 Å². The molecule has 1 aliphatic rings. The molecular formula is C16H26ClNOS. The Labute approximate surface area is 133 Å². The van der Waals surface area contributed by atoms with Crippen LogP contribution in [0.3, 0.4) is 0 Å². The third-order valence-electron chi connectivity index (χ3n) is 3.52. The number of nitrogens with zero attached hydrogens (tertiary/aromatic N) is 1. The first-order valence-electron chi connectivity index (χ1n) is 7.34. The molecule has 0 radical (unpaired) electrons. The maximum atomic E-state index is 5.72. The van der Waals surface area contributed by atoms with Gasteiger partial charge in [-0.2, -0.15) is 0 Å². The highest BCUT2D eigenvalue weighted by molar-refractivity contribution is 7.99. The van der Waals surface area contributed by atoms with Gasteiger partial charge in [0.2, 0.25) is 0 Å². The minimum atomic E-state index is 0. The topological polar surface area (TPSA) is 12.5 Å². The number of likely N-dealkylation sites (tertiary alicyclic amines) is 1. The molecule has 4 heteroatoms. The number of halogens is 1. The van der Waals surface area contributed by atoms with E-state index in [4.69, 9.17) is 4.74 Å². The number of thioether (sulfide) groups is 1. The average molecular weight is 316 g/mol. The molecule has 1 aromatic rings. The number of rotatable bonds is 7. The zero-order chi connectivity index (χ0) is 13.3. The fraction of sp³-hybridized carbons (Fsp3) is 0.625. The van der Waals surface area contributed by atoms with E-state index in [-0.39, 0.29) is 12.4 Å². The van der Waals surface area contributed by atoms with Crippen LogP contribution in [0, 0.1) is 6.92 Å². The van der Waals surface area contributed by atoms with Crippen molar-refractivity contribution in [2.45, 2.75) is 31.1 Å². The summed E-state index contributed by atoms with van der Waals surface area (Å²) in [5, 5.41) is 0. The van der Waals surface area contributed by atoms with E-state index in [1.807, 2.05) is 11.8 Å². The minimum Gasteiger partial charge on any atom is -0.379 e. The lowest BCUT2D eigenvalue weighted by molar-refractivity contribution is 0.107. The highest BCUT2D eigenvalue weighted by Crippen LogP contribution is 2.17. The first-order chi connectivity index (χ1) is 9.34. The Morgan fingerprint density at radius 1 is 1.05 bits per heavy atom. The predicted molar refractivity (Wildman–Crippen MR) is 90.3 cm³/mol. The van der Waals surface area contributed by atoms with Crippen molar-refractivity contribution in [1.82, 2.24) is 4.90 Å². The van der Waals surface area contributed by atoms with Gasteiger partial charge in [-0.15, -0.1) is 24.2 Å². The summed E-state index contributed by atoms with van der Waals surface area (Å²) in [6.45, 7) is 7.50. The molecule has 0 unspecified atom stereocenters. The van der Waals surface area contributed by atoms with E-state index in [2.05, 4.69) is 36.1 Å². The Balaban J connectivity index is 0.00000200. The Morgan fingerprint density at radius 3 is 2.45 bits per heavy atom. The van der Waals surface area contributed by atoms with Gasteiger partial charge in [-0.05, 0) is 45.0 Å². The van der Waals surface area contributed by atoms with Crippen molar-refractivity contribution in [1.29, 1.82) is 0 Å². The normalized spacial score (nSPS) is 15.8. The quantitative estimate of drug-likeness (QED) is 0.557. The highest BCUT2D eigenvalue weighted by Gasteiger charge is 2.08. The fourth-order valence-electron chi connectivity index (χ4n) is 2.33. The zero-order valence-corrected chi connectivity index (χ0v) is 14.0. The van der Waals surface area contributed by atoms with E-state index in [0.717, 1.165) is 25.5 Å². The van der Waals surface area contributed by atoms with E-state index in [1.165, 1.54) is 42.8 Å². The van der Waals surface area contributed by atoms with Gasteiger partial charge in [0.15, 0.2) is 0 Å². The van der Waals surface area contributed by atoms with Gasteiger partial charge in [-0.25, -0.2) is 0 Å². The molecule has 2 rings (SSSR count). The summed E-state index contributed by atoms with van der Waals surface area (Å²) < 4.78 is 5.72. The third kappa shape index (κ3) is 6.98. The molecule has 0 spiro atoms. The smallest absolute Gasteiger partial charge is 0.0593 e. The lowest BCUT2D eigenvalue weighted by Gasteiger charge is -2.26. The molecule has 1 heterocycles. The molecule has 1 saturated heterocycles. The van der Waals surface area contributed by atoms with Crippen molar-refractivity contribution in [2.24, 2.45) is 0 Å². The van der Waals surface area contributed by atoms with Crippen molar-refractivity contribution in [3.8, 4) is 0 Å². The highest BCUT2D eigenvalue weighted by atomic mass is 35.5. The van der Waals surface area contributed by atoms with Crippen LogP contribution in [0.5, 0.6) is 0 Å². The molecule has 1 aliphatic heterocycles. The second-order valence-corrected chi connectivity index (χ2v) is 6.34. The van der Waals surface area contributed by atoms with Crippen LogP contribution in [0.1, 0.15) is 24.8 Å². The van der Waals surface area contributed by atoms with E-state index in [1.54, 1.807) is 0 Å². The van der Waals surface area contributed by atoms with Crippen LogP contribution in [-0.2, 0) is 4.74 Å². The number of piperidine rings is 1. The largest absolute Gasteiger partial charge is 0.379 e. The monoisotopic (exact) mass is 315 g/mol. The Bertz CT molecular complexity index is 352. The lowest BCUT2D eigenvalue weighted by Crippen LogP contribution is -2.32. The molecule has 20 heavy (non-hydrogen) atoms. The Kier molecular flexibility index (Phi) is 9.36. The summed E-state index contributed by atoms with van der Waals surface area (Å²) >= 11 is 1.88. The van der Waals surface area contributed by atoms with Gasteiger partial charge in [0, 0.05) is 17.2 Å². The lowest BCUT2D eigenvalue weighted by atomic mass is 10.1. The summed E-state index contributed by atoms with van der Waals surface area (Å²) in [5.41, 5.74) is 1.32. The minimum absolute atomic E-state index is 0. The van der Waals surface area contributed by atoms with E-state index in [0.29, 0.717) is 0 Å². The van der Waals surface area contributed by atoms with Crippen LogP contribution < -0.4 is 0 Å². The standard InChI is InChI=1S/C16H25NOS.ClH/c1-15-5-7-16(8-6-15)19-14-13-18-12-11-17-9-3-2-4-10-17;/h5-8H,2-4,9-14H2,1H3;1H. The number of ether oxygens (including phenoxy) is 1. The average Bonchev–Trinajstić information content (AvgIpc) is 2.46. The molecule has 2 nitrogen and oxygen atoms in total. The number of hydrogen-bond donors (Lipinski definition) is 0. The van der Waals surface area contributed by atoms with Crippen LogP contribution in [0.2, 0.25) is 0 Å². The SMILES string of the molecule is Cc1ccc(SCCOCCN2CCCCC2)cc1.Cl. The van der Waals surface area contributed by atoms with Gasteiger partial charge in [0.1, 0.15) is 0 Å². The van der Waals surface area contributed by atoms with Gasteiger partial charge in [-0.1, -0.05) is 24.1 Å². The number of hydrogen-bond acceptors (Lipinski definition) is 3. The molecule has 0 bridgehead atoms. The van der Waals surface area contributed by atoms with Crippen molar-refractivity contribution >= 4 is 24.2 Å². The number of aryl methyl sites for hydroxylation is 1. The molecule has 0 aliphatic carbocycles. The Morgan fingerprint density at radius 2 is 1.75 bits per heavy atom. The Hall–Kier alpha value is -0.220. The molecule has 0 aromatic heterocycles. The maximum Gasteiger partial charge on any atom is 0.0593 e. The van der Waals surface area contributed by atoms with Gasteiger partial charge >= 0.3 is 0 Å². The molecule has 1 fully saturated rings. The third-order valence-corrected chi connectivity index (χ3v) is 4.49. The van der Waals surface area contributed by atoms with Crippen molar-refractivity contribution < 1.29 is 4.74 Å². The first kappa shape index (κ1) is 17.8. The van der Waals surface area contributed by atoms with Crippen molar-refractivity contribution in [3.05, 3.63) is 29.8 Å². The first-order valence-corrected chi connectivity index (χ1v) is 8.33. The summed E-state index contributed by atoms with van der Waals surface area (Å²) in [6.07, 6.45) is 4.14. The second-order valence-electron chi connectivity index (χ2n) is 5.18. The van der Waals surface area contributed by atoms with Crippen molar-refractivity contribution in [2.75, 3.05) is 38.6 Å². The molecule has 0 atom stereocenters. The summed E-state index contributed by atoms with van der Waals surface area (Å²) in [6, 6.07) is 8.71. The van der Waals surface area contributed by atoms with Crippen molar-refractivity contribution in [3.63, 3.8) is 0 Å². The summed E-state index contributed by atoms with van der Waals surface area (Å²) in [4.78, 5) is 3.86. The van der Waals surface area contributed by atoms with Gasteiger partial charge in [0.25, 0.3) is 0 Å². The molecule has 114 valence electrons. The second kappa shape index (κ2) is 10.5. The van der Waals surface area contributed by atoms with Gasteiger partial charge < -0.3 is 9.64 Å². The molecule has 1 aromatic carbocycles. The van der Waals surface area contributed by atoms with E-state index in [9.17, 15) is 0 Å².